The van der Waals surface area contributed by atoms with Gasteiger partial charge in [0.25, 0.3) is 0 Å². The number of azide groups is 1. The van der Waals surface area contributed by atoms with Gasteiger partial charge in [0.1, 0.15) is 23.9 Å². The van der Waals surface area contributed by atoms with E-state index in [1.54, 1.807) is 12.1 Å². The van der Waals surface area contributed by atoms with Gasteiger partial charge >= 0.3 is 0 Å². The number of hydrogen-bond acceptors (Lipinski definition) is 11. The Hall–Kier alpha value is -5.22. The second-order valence-electron chi connectivity index (χ2n) is 9.60. The van der Waals surface area contributed by atoms with Crippen LogP contribution < -0.4 is 25.6 Å². The first-order valence-electron chi connectivity index (χ1n) is 14.0. The second-order valence-corrected chi connectivity index (χ2v) is 9.60. The van der Waals surface area contributed by atoms with Crippen LogP contribution in [-0.4, -0.2) is 52.1 Å². The van der Waals surface area contributed by atoms with Gasteiger partial charge in [0.2, 0.25) is 0 Å². The fraction of sp³-hybridized carbons (Fsp3) is 0.333. The van der Waals surface area contributed by atoms with Gasteiger partial charge in [0.05, 0.1) is 37.2 Å². The molecule has 5 N–H and O–H groups in total. The van der Waals surface area contributed by atoms with E-state index in [1.807, 2.05) is 6.92 Å². The normalized spacial score (nSPS) is 12.3. The number of pyridine rings is 1. The van der Waals surface area contributed by atoms with Gasteiger partial charge in [-0.1, -0.05) is 18.0 Å². The SMILES string of the molecule is C#Cc1cnccc1N(N)c1nc(C(=N)C2=C(NCc3c(F)cc(OCCN=[N+]=[N-])cc3CC)CCC2)ncc1OCCO. The number of nitrogens with zero attached hydrogens (tertiary/aromatic N) is 7. The zero-order valence-electron chi connectivity index (χ0n) is 24.3. The Morgan fingerprint density at radius 1 is 1.32 bits per heavy atom. The Labute approximate surface area is 254 Å². The number of aromatic nitrogens is 3. The van der Waals surface area contributed by atoms with E-state index in [-0.39, 0.29) is 56.0 Å². The quantitative estimate of drug-likeness (QED) is 0.0289. The molecule has 1 aliphatic rings. The van der Waals surface area contributed by atoms with Crippen molar-refractivity contribution in [3.63, 3.8) is 0 Å². The molecule has 0 saturated heterocycles. The van der Waals surface area contributed by atoms with Crippen molar-refractivity contribution in [2.45, 2.75) is 39.2 Å². The highest BCUT2D eigenvalue weighted by atomic mass is 19.1. The van der Waals surface area contributed by atoms with Crippen molar-refractivity contribution in [3.8, 4) is 23.8 Å². The Morgan fingerprint density at radius 2 is 2.16 bits per heavy atom. The lowest BCUT2D eigenvalue weighted by atomic mass is 10.0. The summed E-state index contributed by atoms with van der Waals surface area (Å²) in [5, 5.41) is 26.3. The summed E-state index contributed by atoms with van der Waals surface area (Å²) in [7, 11) is 0. The molecule has 2 aromatic heterocycles. The Bertz CT molecular complexity index is 1630. The number of benzene rings is 1. The predicted molar refractivity (Wildman–Crippen MR) is 163 cm³/mol. The van der Waals surface area contributed by atoms with Crippen molar-refractivity contribution >= 4 is 17.2 Å². The smallest absolute Gasteiger partial charge is 0.194 e. The van der Waals surface area contributed by atoms with Gasteiger partial charge in [-0.2, -0.15) is 0 Å². The Kier molecular flexibility index (Phi) is 11.0. The number of rotatable bonds is 15. The topological polar surface area (TPSA) is 191 Å². The molecular formula is C30H33FN10O3. The number of aliphatic hydroxyl groups excluding tert-OH is 1. The van der Waals surface area contributed by atoms with Gasteiger partial charge in [-0.15, -0.1) is 6.42 Å². The van der Waals surface area contributed by atoms with Crippen molar-refractivity contribution < 1.29 is 19.0 Å². The number of nitrogens with two attached hydrogens (primary N) is 1. The molecule has 0 fully saturated rings. The molecule has 0 atom stereocenters. The van der Waals surface area contributed by atoms with Crippen LogP contribution in [0.15, 0.2) is 53.2 Å². The lowest BCUT2D eigenvalue weighted by molar-refractivity contribution is 0.201. The Morgan fingerprint density at radius 3 is 2.91 bits per heavy atom. The van der Waals surface area contributed by atoms with Gasteiger partial charge in [0.15, 0.2) is 17.4 Å². The number of aryl methyl sites for hydroxylation is 1. The number of ether oxygens (including phenoxy) is 2. The maximum atomic E-state index is 15.2. The number of halogens is 1. The second kappa shape index (κ2) is 15.3. The van der Waals surface area contributed by atoms with Crippen molar-refractivity contribution in [2.75, 3.05) is 31.4 Å². The van der Waals surface area contributed by atoms with Crippen LogP contribution in [0.5, 0.6) is 11.5 Å². The number of anilines is 2. The van der Waals surface area contributed by atoms with E-state index in [0.717, 1.165) is 17.7 Å². The molecule has 44 heavy (non-hydrogen) atoms. The largest absolute Gasteiger partial charge is 0.493 e. The minimum Gasteiger partial charge on any atom is -0.493 e. The first kappa shape index (κ1) is 31.7. The summed E-state index contributed by atoms with van der Waals surface area (Å²) in [6.45, 7) is 2.19. The summed E-state index contributed by atoms with van der Waals surface area (Å²) in [5.41, 5.74) is 12.2. The monoisotopic (exact) mass is 600 g/mol. The number of nitrogens with one attached hydrogen (secondary N) is 2. The fourth-order valence-electron chi connectivity index (χ4n) is 4.79. The van der Waals surface area contributed by atoms with Crippen LogP contribution in [0, 0.1) is 23.6 Å². The van der Waals surface area contributed by atoms with E-state index in [4.69, 9.17) is 32.7 Å². The first-order valence-corrected chi connectivity index (χ1v) is 14.0. The molecule has 228 valence electrons. The summed E-state index contributed by atoms with van der Waals surface area (Å²) in [6.07, 6.45) is 12.7. The van der Waals surface area contributed by atoms with E-state index in [9.17, 15) is 5.11 Å². The molecule has 4 rings (SSSR count). The molecule has 3 aromatic rings. The number of hydrogen-bond donors (Lipinski definition) is 4. The number of aliphatic hydroxyl groups is 1. The number of hydrazine groups is 1. The maximum absolute atomic E-state index is 15.2. The predicted octanol–water partition coefficient (Wildman–Crippen LogP) is 4.22. The van der Waals surface area contributed by atoms with Crippen molar-refractivity contribution in [3.05, 3.63) is 86.8 Å². The molecule has 0 unspecified atom stereocenters. The van der Waals surface area contributed by atoms with Crippen molar-refractivity contribution in [2.24, 2.45) is 11.0 Å². The highest BCUT2D eigenvalue weighted by molar-refractivity contribution is 6.09. The highest BCUT2D eigenvalue weighted by Gasteiger charge is 2.25. The molecule has 0 amide bonds. The molecule has 0 bridgehead atoms. The van der Waals surface area contributed by atoms with Gasteiger partial charge in [-0.05, 0) is 54.5 Å². The Balaban J connectivity index is 1.59. The van der Waals surface area contributed by atoms with Crippen LogP contribution in [0.1, 0.15) is 48.7 Å². The lowest BCUT2D eigenvalue weighted by Crippen LogP contribution is -2.29. The molecule has 0 aliphatic heterocycles. The molecule has 0 saturated carbocycles. The minimum atomic E-state index is -0.414. The van der Waals surface area contributed by atoms with Crippen LogP contribution >= 0.6 is 0 Å². The van der Waals surface area contributed by atoms with E-state index in [0.29, 0.717) is 47.4 Å². The summed E-state index contributed by atoms with van der Waals surface area (Å²) in [4.78, 5) is 15.6. The van der Waals surface area contributed by atoms with E-state index in [1.165, 1.54) is 29.7 Å². The lowest BCUT2D eigenvalue weighted by Gasteiger charge is -2.22. The third-order valence-corrected chi connectivity index (χ3v) is 6.91. The molecule has 13 nitrogen and oxygen atoms in total. The average molecular weight is 601 g/mol. The van der Waals surface area contributed by atoms with Gasteiger partial charge in [-0.3, -0.25) is 15.4 Å². The van der Waals surface area contributed by atoms with Crippen LogP contribution in [0.3, 0.4) is 0 Å². The molecule has 0 spiro atoms. The van der Waals surface area contributed by atoms with Crippen LogP contribution in [0.2, 0.25) is 0 Å². The maximum Gasteiger partial charge on any atom is 0.194 e. The third-order valence-electron chi connectivity index (χ3n) is 6.91. The number of allylic oxidation sites excluding steroid dienone is 2. The molecule has 14 heteroatoms. The molecule has 0 radical (unpaired) electrons. The van der Waals surface area contributed by atoms with Crippen molar-refractivity contribution in [1.29, 1.82) is 5.41 Å². The fourth-order valence-corrected chi connectivity index (χ4v) is 4.79. The minimum absolute atomic E-state index is 0.0162. The summed E-state index contributed by atoms with van der Waals surface area (Å²) < 4.78 is 26.3. The average Bonchev–Trinajstić information content (AvgIpc) is 3.52. The number of terminal acetylenes is 1. The van der Waals surface area contributed by atoms with Crippen molar-refractivity contribution in [1.82, 2.24) is 20.3 Å². The summed E-state index contributed by atoms with van der Waals surface area (Å²) >= 11 is 0. The van der Waals surface area contributed by atoms with Crippen LogP contribution in [0.4, 0.5) is 15.9 Å². The van der Waals surface area contributed by atoms with E-state index < -0.39 is 5.82 Å². The van der Waals surface area contributed by atoms with E-state index in [2.05, 4.69) is 36.2 Å². The summed E-state index contributed by atoms with van der Waals surface area (Å²) in [5.74, 6) is 9.40. The zero-order chi connectivity index (χ0) is 31.5. The van der Waals surface area contributed by atoms with E-state index >= 15 is 4.39 Å². The van der Waals surface area contributed by atoms with Crippen LogP contribution in [-0.2, 0) is 13.0 Å². The molecular weight excluding hydrogens is 567 g/mol. The van der Waals surface area contributed by atoms with Crippen LogP contribution in [0.25, 0.3) is 10.4 Å². The third kappa shape index (κ3) is 7.40. The van der Waals surface area contributed by atoms with Gasteiger partial charge in [0, 0.05) is 41.2 Å². The summed E-state index contributed by atoms with van der Waals surface area (Å²) in [6, 6.07) is 4.73. The molecule has 1 aliphatic carbocycles. The van der Waals surface area contributed by atoms with Gasteiger partial charge < -0.3 is 19.9 Å². The highest BCUT2D eigenvalue weighted by Crippen LogP contribution is 2.33. The van der Waals surface area contributed by atoms with Gasteiger partial charge in [-0.25, -0.2) is 20.2 Å². The standard InChI is InChI=1S/C30H33FN10O3/c1-3-19-14-21(43-12-10-38-40-33)15-24(31)23(19)17-36-25-7-5-6-22(25)28(32)29-37-18-27(44-13-11-42)30(39-29)41(34)26-8-9-35-16-20(26)4-2/h2,8-9,14-16,18,32,36,42H,3,5-7,10-13,17,34H2,1H3. The zero-order valence-corrected chi connectivity index (χ0v) is 24.3. The molecule has 1 aromatic carbocycles. The first-order chi connectivity index (χ1) is 21.4. The molecule has 2 heterocycles.